The van der Waals surface area contributed by atoms with Crippen LogP contribution >= 0.6 is 0 Å². The van der Waals surface area contributed by atoms with Gasteiger partial charge in [-0.25, -0.2) is 0 Å². The first-order valence-corrected chi connectivity index (χ1v) is 8.17. The van der Waals surface area contributed by atoms with Gasteiger partial charge in [-0.05, 0) is 26.3 Å². The molecule has 23 heavy (non-hydrogen) atoms. The number of carbonyl (C=O) groups excluding carboxylic acids is 2. The van der Waals surface area contributed by atoms with Crippen LogP contribution in [0.3, 0.4) is 0 Å². The molecule has 1 aliphatic heterocycles. The molecule has 0 radical (unpaired) electrons. The molecule has 4 heteroatoms. The van der Waals surface area contributed by atoms with Gasteiger partial charge in [0.25, 0.3) is 5.91 Å². The van der Waals surface area contributed by atoms with Crippen LogP contribution in [0.1, 0.15) is 52.6 Å². The number of amides is 1. The number of hydrogen-bond acceptors (Lipinski definition) is 3. The largest absolute Gasteiger partial charge is 0.430 e. The maximum atomic E-state index is 12.9. The summed E-state index contributed by atoms with van der Waals surface area (Å²) in [5, 5.41) is 0. The van der Waals surface area contributed by atoms with Crippen LogP contribution < -0.4 is 0 Å². The Balaban J connectivity index is 2.51. The van der Waals surface area contributed by atoms with Crippen molar-refractivity contribution in [3.05, 3.63) is 47.2 Å². The van der Waals surface area contributed by atoms with Gasteiger partial charge in [-0.3, -0.25) is 9.59 Å². The van der Waals surface area contributed by atoms with E-state index >= 15 is 0 Å². The molecule has 0 fully saturated rings. The van der Waals surface area contributed by atoms with E-state index in [1.54, 1.807) is 13.8 Å². The molecular weight excluding hydrogens is 290 g/mol. The van der Waals surface area contributed by atoms with E-state index in [1.165, 1.54) is 0 Å². The normalized spacial score (nSPS) is 21.8. The summed E-state index contributed by atoms with van der Waals surface area (Å²) in [4.78, 5) is 26.5. The molecule has 0 unspecified atom stereocenters. The average Bonchev–Trinajstić information content (AvgIpc) is 2.54. The van der Waals surface area contributed by atoms with Crippen molar-refractivity contribution >= 4 is 11.9 Å². The lowest BCUT2D eigenvalue weighted by Crippen LogP contribution is -2.47. The molecule has 2 atom stereocenters. The Bertz CT molecular complexity index is 619. The molecule has 1 aliphatic rings. The third-order valence-corrected chi connectivity index (χ3v) is 4.32. The van der Waals surface area contributed by atoms with Crippen LogP contribution in [-0.2, 0) is 14.3 Å². The molecule has 0 aliphatic carbocycles. The second kappa shape index (κ2) is 6.99. The van der Waals surface area contributed by atoms with Gasteiger partial charge in [-0.15, -0.1) is 0 Å². The molecule has 0 saturated carbocycles. The number of esters is 1. The van der Waals surface area contributed by atoms with Crippen molar-refractivity contribution in [2.45, 2.75) is 53.1 Å². The van der Waals surface area contributed by atoms with Gasteiger partial charge in [0.2, 0.25) is 0 Å². The van der Waals surface area contributed by atoms with Crippen molar-refractivity contribution in [3.8, 4) is 0 Å². The zero-order chi connectivity index (χ0) is 17.1. The molecule has 1 heterocycles. The number of nitrogens with zero attached hydrogens (tertiary/aromatic N) is 1. The number of ether oxygens (including phenoxy) is 1. The maximum absolute atomic E-state index is 12.9. The number of benzene rings is 1. The minimum Gasteiger partial charge on any atom is -0.430 e. The fourth-order valence-electron chi connectivity index (χ4n) is 3.17. The van der Waals surface area contributed by atoms with Gasteiger partial charge >= 0.3 is 5.97 Å². The second-order valence-corrected chi connectivity index (χ2v) is 6.27. The first-order valence-electron chi connectivity index (χ1n) is 8.17. The summed E-state index contributed by atoms with van der Waals surface area (Å²) in [6, 6.07) is 9.85. The Morgan fingerprint density at radius 3 is 2.39 bits per heavy atom. The number of rotatable bonds is 4. The van der Waals surface area contributed by atoms with E-state index < -0.39 is 0 Å². The van der Waals surface area contributed by atoms with Gasteiger partial charge in [0.15, 0.2) is 0 Å². The third-order valence-electron chi connectivity index (χ3n) is 4.32. The molecule has 1 aromatic rings. The first-order chi connectivity index (χ1) is 10.9. The minimum absolute atomic E-state index is 0.0635. The zero-order valence-electron chi connectivity index (χ0n) is 14.5. The van der Waals surface area contributed by atoms with Crippen molar-refractivity contribution in [1.29, 1.82) is 0 Å². The van der Waals surface area contributed by atoms with Crippen molar-refractivity contribution in [2.24, 2.45) is 5.92 Å². The van der Waals surface area contributed by atoms with E-state index in [2.05, 4.69) is 0 Å². The van der Waals surface area contributed by atoms with Crippen LogP contribution in [0, 0.1) is 5.92 Å². The molecule has 2 rings (SSSR count). The van der Waals surface area contributed by atoms with Crippen LogP contribution in [0.4, 0.5) is 0 Å². The van der Waals surface area contributed by atoms with Crippen LogP contribution in [0.2, 0.25) is 0 Å². The van der Waals surface area contributed by atoms with Gasteiger partial charge in [0.1, 0.15) is 5.76 Å². The van der Waals surface area contributed by atoms with Gasteiger partial charge in [-0.2, -0.15) is 0 Å². The molecule has 0 bridgehead atoms. The highest BCUT2D eigenvalue weighted by molar-refractivity contribution is 5.95. The molecule has 1 aromatic carbocycles. The fourth-order valence-corrected chi connectivity index (χ4v) is 3.17. The summed E-state index contributed by atoms with van der Waals surface area (Å²) >= 11 is 0. The van der Waals surface area contributed by atoms with Crippen LogP contribution in [-0.4, -0.2) is 22.8 Å². The van der Waals surface area contributed by atoms with Gasteiger partial charge in [0, 0.05) is 18.4 Å². The number of hydrogen-bond donors (Lipinski definition) is 0. The van der Waals surface area contributed by atoms with Gasteiger partial charge < -0.3 is 9.64 Å². The molecule has 4 nitrogen and oxygen atoms in total. The molecule has 0 N–H and O–H groups in total. The molecule has 124 valence electrons. The Hall–Kier alpha value is -2.10. The van der Waals surface area contributed by atoms with E-state index in [9.17, 15) is 9.59 Å². The summed E-state index contributed by atoms with van der Waals surface area (Å²) in [6.45, 7) is 9.53. The SMILES string of the molecule is CCC(=O)OC1=C(C)C(=O)N(C(C)C)[C@H](c2ccccc2)[C@H]1C. The Morgan fingerprint density at radius 2 is 1.87 bits per heavy atom. The minimum atomic E-state index is -0.302. The summed E-state index contributed by atoms with van der Waals surface area (Å²) in [6.07, 6.45) is 0.293. The zero-order valence-corrected chi connectivity index (χ0v) is 14.5. The van der Waals surface area contributed by atoms with Crippen LogP contribution in [0.5, 0.6) is 0 Å². The smallest absolute Gasteiger partial charge is 0.310 e. The predicted octanol–water partition coefficient (Wildman–Crippen LogP) is 3.84. The Kier molecular flexibility index (Phi) is 5.24. The van der Waals surface area contributed by atoms with Crippen molar-refractivity contribution < 1.29 is 14.3 Å². The topological polar surface area (TPSA) is 46.6 Å². The van der Waals surface area contributed by atoms with E-state index in [0.717, 1.165) is 5.56 Å². The highest BCUT2D eigenvalue weighted by Crippen LogP contribution is 2.41. The third kappa shape index (κ3) is 3.31. The fraction of sp³-hybridized carbons (Fsp3) is 0.474. The van der Waals surface area contributed by atoms with E-state index in [4.69, 9.17) is 4.74 Å². The average molecular weight is 315 g/mol. The molecule has 0 saturated heterocycles. The summed E-state index contributed by atoms with van der Waals surface area (Å²) in [7, 11) is 0. The van der Waals surface area contributed by atoms with Gasteiger partial charge in [0.05, 0.1) is 11.6 Å². The van der Waals surface area contributed by atoms with Crippen molar-refractivity contribution in [3.63, 3.8) is 0 Å². The molecule has 1 amide bonds. The lowest BCUT2D eigenvalue weighted by Gasteiger charge is -2.43. The molecule has 0 aromatic heterocycles. The predicted molar refractivity (Wildman–Crippen MR) is 89.4 cm³/mol. The lowest BCUT2D eigenvalue weighted by atomic mass is 9.85. The standard InChI is InChI=1S/C19H25NO3/c1-6-16(21)23-18-13(4)17(15-10-8-7-9-11-15)20(12(2)3)19(22)14(18)5/h7-13,17H,6H2,1-5H3/t13-,17+/m1/s1. The second-order valence-electron chi connectivity index (χ2n) is 6.27. The highest BCUT2D eigenvalue weighted by Gasteiger charge is 2.41. The summed E-state index contributed by atoms with van der Waals surface area (Å²) < 4.78 is 5.51. The van der Waals surface area contributed by atoms with Crippen molar-refractivity contribution in [2.75, 3.05) is 0 Å². The number of carbonyl (C=O) groups is 2. The summed E-state index contributed by atoms with van der Waals surface area (Å²) in [5.74, 6) is 0.0651. The Morgan fingerprint density at radius 1 is 1.26 bits per heavy atom. The van der Waals surface area contributed by atoms with E-state index in [1.807, 2.05) is 56.0 Å². The van der Waals surface area contributed by atoms with Crippen molar-refractivity contribution in [1.82, 2.24) is 4.90 Å². The lowest BCUT2D eigenvalue weighted by molar-refractivity contribution is -0.143. The molecular formula is C19H25NO3. The van der Waals surface area contributed by atoms with E-state index in [-0.39, 0.29) is 29.9 Å². The molecule has 0 spiro atoms. The summed E-state index contributed by atoms with van der Waals surface area (Å²) in [5.41, 5.74) is 1.58. The van der Waals surface area contributed by atoms with Gasteiger partial charge in [-0.1, -0.05) is 44.2 Å². The first kappa shape index (κ1) is 17.3. The van der Waals surface area contributed by atoms with Crippen LogP contribution in [0.15, 0.2) is 41.7 Å². The highest BCUT2D eigenvalue weighted by atomic mass is 16.5. The van der Waals surface area contributed by atoms with E-state index in [0.29, 0.717) is 17.8 Å². The maximum Gasteiger partial charge on any atom is 0.310 e. The quantitative estimate of drug-likeness (QED) is 0.793. The van der Waals surface area contributed by atoms with Crippen LogP contribution in [0.25, 0.3) is 0 Å². The monoisotopic (exact) mass is 315 g/mol. The Labute approximate surface area is 138 Å².